The third-order valence-electron chi connectivity index (χ3n) is 9.58. The van der Waals surface area contributed by atoms with Gasteiger partial charge in [0.1, 0.15) is 6.33 Å². The summed E-state index contributed by atoms with van der Waals surface area (Å²) >= 11 is 0. The molecule has 0 spiro atoms. The number of anilines is 1. The molecule has 0 atom stereocenters. The van der Waals surface area contributed by atoms with Gasteiger partial charge in [0.2, 0.25) is 36.0 Å². The molecule has 5 rings (SSSR count). The van der Waals surface area contributed by atoms with Crippen LogP contribution in [0.1, 0.15) is 97.5 Å². The van der Waals surface area contributed by atoms with E-state index in [1.807, 2.05) is 44.7 Å². The first-order valence-electron chi connectivity index (χ1n) is 19.9. The molecule has 21 nitrogen and oxygen atoms in total. The normalized spacial score (nSPS) is 12.0. The van der Waals surface area contributed by atoms with Crippen LogP contribution in [0.25, 0.3) is 0 Å². The molecular weight excluding hydrogens is 939 g/mol. The number of nitrogens with one attached hydrogen (secondary N) is 4. The second-order valence-corrected chi connectivity index (χ2v) is 22.1. The SMILES string of the molecule is CC(C)c1cnccc1CC(=O)n1ccnc1.CNS(=O)(=O)c1ccc(S(=O)(=O)NC(=O)Nc2c(C(C)C)cncc2C(C)C)c(CO)c1.CNS(=O)(=O)c1ccc(S(N)(=O)=O)c(CO)c1. The highest BCUT2D eigenvalue weighted by Crippen LogP contribution is 2.31. The Morgan fingerprint density at radius 3 is 1.56 bits per heavy atom. The zero-order chi connectivity index (χ0) is 49.8. The van der Waals surface area contributed by atoms with E-state index in [-0.39, 0.29) is 43.6 Å². The van der Waals surface area contributed by atoms with Gasteiger partial charge in [-0.15, -0.1) is 0 Å². The average Bonchev–Trinajstić information content (AvgIpc) is 3.81. The maximum Gasteiger partial charge on any atom is 0.333 e. The van der Waals surface area contributed by atoms with E-state index in [2.05, 4.69) is 43.6 Å². The molecule has 0 unspecified atom stereocenters. The summed E-state index contributed by atoms with van der Waals surface area (Å²) in [4.78, 5) is 35.7. The van der Waals surface area contributed by atoms with Gasteiger partial charge in [0, 0.05) is 37.2 Å². The van der Waals surface area contributed by atoms with Crippen molar-refractivity contribution in [1.82, 2.24) is 33.7 Å². The van der Waals surface area contributed by atoms with Crippen LogP contribution in [0.4, 0.5) is 10.5 Å². The molecule has 2 amide bonds. The molecule has 0 radical (unpaired) electrons. The molecule has 0 aliphatic carbocycles. The fraction of sp³-hybridized carbons (Fsp3) is 0.341. The highest BCUT2D eigenvalue weighted by molar-refractivity contribution is 7.90. The topological polar surface area (TPSA) is 329 Å². The molecule has 0 saturated heterocycles. The number of nitrogens with two attached hydrogens (primary N) is 1. The summed E-state index contributed by atoms with van der Waals surface area (Å²) in [6.45, 7) is 10.5. The average molecular weight is 994 g/mol. The van der Waals surface area contributed by atoms with Crippen molar-refractivity contribution in [2.45, 2.75) is 98.5 Å². The number of aliphatic hydroxyl groups is 2. The minimum absolute atomic E-state index is 0.0237. The van der Waals surface area contributed by atoms with Crippen LogP contribution < -0.4 is 24.6 Å². The smallest absolute Gasteiger partial charge is 0.333 e. The van der Waals surface area contributed by atoms with Gasteiger partial charge in [0.05, 0.1) is 44.9 Å². The fourth-order valence-electron chi connectivity index (χ4n) is 6.08. The number of primary sulfonamides is 1. The molecule has 8 N–H and O–H groups in total. The molecule has 3 heterocycles. The minimum Gasteiger partial charge on any atom is -0.392 e. The second-order valence-electron chi connectivity index (χ2n) is 15.1. The Labute approximate surface area is 385 Å². The Kier molecular flexibility index (Phi) is 19.3. The van der Waals surface area contributed by atoms with Crippen molar-refractivity contribution in [3.63, 3.8) is 0 Å². The van der Waals surface area contributed by atoms with Crippen molar-refractivity contribution in [2.75, 3.05) is 19.4 Å². The number of aliphatic hydroxyl groups excluding tert-OH is 2. The summed E-state index contributed by atoms with van der Waals surface area (Å²) in [6, 6.07) is 7.27. The van der Waals surface area contributed by atoms with Gasteiger partial charge in [-0.25, -0.2) is 62.8 Å². The highest BCUT2D eigenvalue weighted by Gasteiger charge is 2.25. The summed E-state index contributed by atoms with van der Waals surface area (Å²) < 4.78 is 102. The number of urea groups is 1. The maximum atomic E-state index is 12.8. The third kappa shape index (κ3) is 14.5. The lowest BCUT2D eigenvalue weighted by Gasteiger charge is -2.20. The number of imidazole rings is 1. The molecule has 360 valence electrons. The number of hydrogen-bond donors (Lipinski definition) is 7. The van der Waals surface area contributed by atoms with Crippen LogP contribution in [-0.2, 0) is 59.7 Å². The predicted molar refractivity (Wildman–Crippen MR) is 245 cm³/mol. The lowest BCUT2D eigenvalue weighted by molar-refractivity contribution is 0.0913. The highest BCUT2D eigenvalue weighted by atomic mass is 32.2. The molecule has 0 bridgehead atoms. The predicted octanol–water partition coefficient (Wildman–Crippen LogP) is 3.26. The lowest BCUT2D eigenvalue weighted by Crippen LogP contribution is -2.35. The van der Waals surface area contributed by atoms with Crippen molar-refractivity contribution >= 4 is 57.7 Å². The quantitative estimate of drug-likeness (QED) is 0.0792. The summed E-state index contributed by atoms with van der Waals surface area (Å²) in [5, 5.41) is 26.1. The molecule has 25 heteroatoms. The Morgan fingerprint density at radius 1 is 0.636 bits per heavy atom. The van der Waals surface area contributed by atoms with Crippen molar-refractivity contribution in [3.8, 4) is 0 Å². The monoisotopic (exact) mass is 993 g/mol. The Bertz CT molecular complexity index is 2920. The fourth-order valence-corrected chi connectivity index (χ4v) is 9.50. The van der Waals surface area contributed by atoms with Gasteiger partial charge in [-0.3, -0.25) is 19.3 Å². The first-order valence-corrected chi connectivity index (χ1v) is 25.9. The number of carbonyl (C=O) groups is 2. The van der Waals surface area contributed by atoms with Crippen molar-refractivity contribution < 1.29 is 53.5 Å². The van der Waals surface area contributed by atoms with Crippen LogP contribution in [-0.4, -0.2) is 89.4 Å². The van der Waals surface area contributed by atoms with E-state index in [0.717, 1.165) is 58.7 Å². The van der Waals surface area contributed by atoms with Gasteiger partial charge in [-0.1, -0.05) is 41.5 Å². The number of amides is 2. The number of hydrogen-bond acceptors (Lipinski definition) is 15. The van der Waals surface area contributed by atoms with E-state index < -0.39 is 64.2 Å². The van der Waals surface area contributed by atoms with Crippen LogP contribution in [0.15, 0.2) is 106 Å². The zero-order valence-corrected chi connectivity index (χ0v) is 40.7. The number of carbonyl (C=O) groups excluding carboxylic acids is 2. The molecule has 0 fully saturated rings. The van der Waals surface area contributed by atoms with E-state index in [1.54, 1.807) is 31.0 Å². The van der Waals surface area contributed by atoms with E-state index >= 15 is 0 Å². The van der Waals surface area contributed by atoms with Gasteiger partial charge in [-0.05, 0) is 108 Å². The Morgan fingerprint density at radius 2 is 1.12 bits per heavy atom. The molecule has 3 aromatic heterocycles. The standard InChI is InChI=1S/C20H28N4O6S2.C13H15N3O.C8H12N2O5S2/c1-12(2)16-9-22-10-17(13(3)4)19(16)23-20(26)24-32(29,30)18-7-6-15(8-14(18)11-25)31(27,28)21-5;1-10(2)12-8-14-4-3-11(12)7-13(17)16-6-5-15-9-16;1-10-17(14,15)7-2-3-8(16(9,12)13)6(4-7)5-11/h6-10,12-13,21,25H,11H2,1-5H3,(H2,22,23,24,26);3-6,8-10H,7H2,1-2H3;2-4,10-11H,5H2,1H3,(H2,9,12,13). The van der Waals surface area contributed by atoms with E-state index in [0.29, 0.717) is 18.0 Å². The van der Waals surface area contributed by atoms with Crippen molar-refractivity contribution in [3.05, 3.63) is 119 Å². The number of rotatable bonds is 15. The van der Waals surface area contributed by atoms with Gasteiger partial charge in [-0.2, -0.15) is 0 Å². The van der Waals surface area contributed by atoms with Gasteiger partial charge in [0.15, 0.2) is 0 Å². The first kappa shape index (κ1) is 54.8. The number of sulfonamides is 4. The number of pyridine rings is 2. The molecule has 0 aliphatic heterocycles. The summed E-state index contributed by atoms with van der Waals surface area (Å²) in [6.07, 6.45) is 12.0. The summed E-state index contributed by atoms with van der Waals surface area (Å²) in [7, 11) is -13.5. The van der Waals surface area contributed by atoms with Crippen LogP contribution >= 0.6 is 0 Å². The van der Waals surface area contributed by atoms with Crippen LogP contribution in [0.3, 0.4) is 0 Å². The zero-order valence-electron chi connectivity index (χ0n) is 37.4. The van der Waals surface area contributed by atoms with Gasteiger partial charge >= 0.3 is 6.03 Å². The Hall–Kier alpha value is -5.51. The maximum absolute atomic E-state index is 12.8. The van der Waals surface area contributed by atoms with Crippen molar-refractivity contribution in [1.29, 1.82) is 0 Å². The molecule has 2 aromatic carbocycles. The molecule has 66 heavy (non-hydrogen) atoms. The van der Waals surface area contributed by atoms with Crippen LogP contribution in [0.5, 0.6) is 0 Å². The van der Waals surface area contributed by atoms with Gasteiger partial charge < -0.3 is 15.5 Å². The van der Waals surface area contributed by atoms with Crippen LogP contribution in [0.2, 0.25) is 0 Å². The Balaban J connectivity index is 0.000000286. The van der Waals surface area contributed by atoms with E-state index in [1.165, 1.54) is 25.0 Å². The largest absolute Gasteiger partial charge is 0.392 e. The van der Waals surface area contributed by atoms with E-state index in [4.69, 9.17) is 10.2 Å². The first-order chi connectivity index (χ1) is 30.7. The number of aromatic nitrogens is 4. The summed E-state index contributed by atoms with van der Waals surface area (Å²) in [5.41, 5.74) is 3.91. The van der Waals surface area contributed by atoms with Crippen molar-refractivity contribution in [2.24, 2.45) is 5.14 Å². The third-order valence-corrected chi connectivity index (χ3v) is 14.8. The second kappa shape index (κ2) is 23.3. The molecule has 0 aliphatic rings. The van der Waals surface area contributed by atoms with E-state index in [9.17, 15) is 48.4 Å². The number of benzene rings is 2. The van der Waals surface area contributed by atoms with Crippen LogP contribution in [0, 0.1) is 0 Å². The van der Waals surface area contributed by atoms with Gasteiger partial charge in [0.25, 0.3) is 10.0 Å². The minimum atomic E-state index is -4.41. The lowest BCUT2D eigenvalue weighted by atomic mass is 9.95. The number of nitrogens with zero attached hydrogens (tertiary/aromatic N) is 4. The molecule has 5 aromatic rings. The summed E-state index contributed by atoms with van der Waals surface area (Å²) in [5.74, 6) is 0.441. The molecule has 0 saturated carbocycles. The molecular formula is C41H55N9O12S4.